The van der Waals surface area contributed by atoms with Crippen molar-refractivity contribution in [2.45, 2.75) is 57.5 Å². The Balaban J connectivity index is 1.97. The Bertz CT molecular complexity index is 692. The summed E-state index contributed by atoms with van der Waals surface area (Å²) in [6, 6.07) is 7.57. The molecule has 4 nitrogen and oxygen atoms in total. The van der Waals surface area contributed by atoms with Crippen LogP contribution in [0.25, 0.3) is 0 Å². The first-order valence-corrected chi connectivity index (χ1v) is 8.71. The predicted octanol–water partition coefficient (Wildman–Crippen LogP) is 3.38. The summed E-state index contributed by atoms with van der Waals surface area (Å²) < 4.78 is 50.9. The fourth-order valence-electron chi connectivity index (χ4n) is 3.66. The summed E-state index contributed by atoms with van der Waals surface area (Å²) in [5, 5.41) is 2.24. The van der Waals surface area contributed by atoms with E-state index in [0.29, 0.717) is 26.1 Å². The third-order valence-electron chi connectivity index (χ3n) is 5.39. The molecule has 0 saturated carbocycles. The molecule has 1 aromatic carbocycles. The summed E-state index contributed by atoms with van der Waals surface area (Å²) in [5.41, 5.74) is 0.454. The topological polar surface area (TPSA) is 47.6 Å². The summed E-state index contributed by atoms with van der Waals surface area (Å²) in [5.74, 6) is -3.30. The van der Waals surface area contributed by atoms with E-state index in [2.05, 4.69) is 5.32 Å². The van der Waals surface area contributed by atoms with Gasteiger partial charge in [-0.15, -0.1) is 0 Å². The second-order valence-corrected chi connectivity index (χ2v) is 8.17. The maximum Gasteiger partial charge on any atom is 0.471 e. The number of carbonyl (C=O) groups excluding carboxylic acids is 1. The van der Waals surface area contributed by atoms with Crippen LogP contribution in [0.3, 0.4) is 0 Å². The van der Waals surface area contributed by atoms with Crippen molar-refractivity contribution in [1.82, 2.24) is 5.32 Å². The highest BCUT2D eigenvalue weighted by Crippen LogP contribution is 2.43. The van der Waals surface area contributed by atoms with E-state index in [9.17, 15) is 18.0 Å². The van der Waals surface area contributed by atoms with Crippen molar-refractivity contribution < 1.29 is 27.4 Å². The highest BCUT2D eigenvalue weighted by Gasteiger charge is 2.57. The summed E-state index contributed by atoms with van der Waals surface area (Å²) >= 11 is 0. The molecule has 1 aromatic rings. The molecular weight excluding hydrogens is 347 g/mol. The van der Waals surface area contributed by atoms with E-state index in [-0.39, 0.29) is 11.8 Å². The van der Waals surface area contributed by atoms with Gasteiger partial charge in [0, 0.05) is 11.8 Å². The van der Waals surface area contributed by atoms with Gasteiger partial charge in [-0.25, -0.2) is 0 Å². The Hall–Kier alpha value is -1.60. The van der Waals surface area contributed by atoms with E-state index in [4.69, 9.17) is 9.47 Å². The fraction of sp³-hybridized carbons (Fsp3) is 0.632. The molecule has 1 aliphatic heterocycles. The van der Waals surface area contributed by atoms with Crippen LogP contribution in [0.2, 0.25) is 0 Å². The summed E-state index contributed by atoms with van der Waals surface area (Å²) in [6.45, 7) is 6.24. The first-order chi connectivity index (χ1) is 12.0. The Morgan fingerprint density at radius 3 is 2.23 bits per heavy atom. The lowest BCUT2D eigenvalue weighted by molar-refractivity contribution is -0.324. The van der Waals surface area contributed by atoms with Crippen LogP contribution in [-0.4, -0.2) is 36.6 Å². The molecule has 7 heteroatoms. The van der Waals surface area contributed by atoms with E-state index in [0.717, 1.165) is 11.1 Å². The number of aryl methyl sites for hydroxylation is 1. The van der Waals surface area contributed by atoms with Gasteiger partial charge in [0.05, 0.1) is 18.8 Å². The van der Waals surface area contributed by atoms with Gasteiger partial charge >= 0.3 is 12.1 Å². The largest absolute Gasteiger partial charge is 0.471 e. The van der Waals surface area contributed by atoms with E-state index in [1.807, 2.05) is 38.1 Å². The van der Waals surface area contributed by atoms with Crippen molar-refractivity contribution in [3.05, 3.63) is 35.4 Å². The standard InChI is InChI=1S/C19H24F3NO3/c1-16(2)11-25-17(3,26-12-16)18(23-15(24)19(20,21)22)9-8-13-6-4-5-7-14(13)10-18/h4-7H,8-12H2,1-3H3,(H,23,24). The highest BCUT2D eigenvalue weighted by molar-refractivity contribution is 5.82. The van der Waals surface area contributed by atoms with Gasteiger partial charge < -0.3 is 14.8 Å². The molecule has 1 fully saturated rings. The van der Waals surface area contributed by atoms with Crippen molar-refractivity contribution in [1.29, 1.82) is 0 Å². The second-order valence-electron chi connectivity index (χ2n) is 8.17. The number of halogens is 3. The monoisotopic (exact) mass is 371 g/mol. The average molecular weight is 371 g/mol. The van der Waals surface area contributed by atoms with Crippen LogP contribution in [0.4, 0.5) is 13.2 Å². The third-order valence-corrected chi connectivity index (χ3v) is 5.39. The molecule has 1 heterocycles. The van der Waals surface area contributed by atoms with Crippen LogP contribution < -0.4 is 5.32 Å². The zero-order chi connectivity index (χ0) is 19.2. The number of amides is 1. The Kier molecular flexibility index (Phi) is 4.60. The minimum Gasteiger partial charge on any atom is -0.347 e. The van der Waals surface area contributed by atoms with Crippen molar-refractivity contribution >= 4 is 5.91 Å². The minimum atomic E-state index is -4.96. The van der Waals surface area contributed by atoms with Gasteiger partial charge in [-0.1, -0.05) is 38.1 Å². The fourth-order valence-corrected chi connectivity index (χ4v) is 3.66. The molecule has 1 atom stereocenters. The van der Waals surface area contributed by atoms with Gasteiger partial charge in [0.15, 0.2) is 5.79 Å². The molecule has 0 spiro atoms. The third kappa shape index (κ3) is 3.47. The number of benzene rings is 1. The SMILES string of the molecule is CC1(C)COC(C)(C2(NC(=O)C(F)(F)F)CCc3ccccc3C2)OC1. The zero-order valence-corrected chi connectivity index (χ0v) is 15.2. The molecule has 26 heavy (non-hydrogen) atoms. The van der Waals surface area contributed by atoms with Crippen LogP contribution >= 0.6 is 0 Å². The highest BCUT2D eigenvalue weighted by atomic mass is 19.4. The van der Waals surface area contributed by atoms with E-state index in [1.54, 1.807) is 6.92 Å². The number of alkyl halides is 3. The van der Waals surface area contributed by atoms with Crippen molar-refractivity contribution in [2.75, 3.05) is 13.2 Å². The van der Waals surface area contributed by atoms with Crippen LogP contribution in [0.1, 0.15) is 38.3 Å². The average Bonchev–Trinajstić information content (AvgIpc) is 2.56. The number of ether oxygens (including phenoxy) is 2. The van der Waals surface area contributed by atoms with Crippen molar-refractivity contribution in [2.24, 2.45) is 5.41 Å². The molecule has 0 bridgehead atoms. The van der Waals surface area contributed by atoms with Gasteiger partial charge in [-0.05, 0) is 30.9 Å². The lowest BCUT2D eigenvalue weighted by Gasteiger charge is -2.54. The van der Waals surface area contributed by atoms with Crippen molar-refractivity contribution in [3.8, 4) is 0 Å². The van der Waals surface area contributed by atoms with E-state index < -0.39 is 23.4 Å². The number of nitrogens with one attached hydrogen (secondary N) is 1. The minimum absolute atomic E-state index is 0.224. The first-order valence-electron chi connectivity index (χ1n) is 8.71. The molecule has 1 amide bonds. The molecule has 2 aliphatic rings. The Morgan fingerprint density at radius 1 is 1.08 bits per heavy atom. The molecular formula is C19H24F3NO3. The maximum absolute atomic E-state index is 13.0. The Labute approximate surface area is 151 Å². The molecule has 1 N–H and O–H groups in total. The molecule has 0 radical (unpaired) electrons. The van der Waals surface area contributed by atoms with Crippen LogP contribution in [0, 0.1) is 5.41 Å². The number of rotatable bonds is 2. The molecule has 144 valence electrons. The van der Waals surface area contributed by atoms with Gasteiger partial charge in [-0.3, -0.25) is 4.79 Å². The number of hydrogen-bond donors (Lipinski definition) is 1. The van der Waals surface area contributed by atoms with Crippen LogP contribution in [0.5, 0.6) is 0 Å². The normalized spacial score (nSPS) is 27.5. The number of fused-ring (bicyclic) bond motifs is 1. The predicted molar refractivity (Wildman–Crippen MR) is 89.5 cm³/mol. The van der Waals surface area contributed by atoms with Crippen LogP contribution in [-0.2, 0) is 27.1 Å². The quantitative estimate of drug-likeness (QED) is 0.867. The maximum atomic E-state index is 13.0. The number of hydrogen-bond acceptors (Lipinski definition) is 3. The number of carbonyl (C=O) groups is 1. The van der Waals surface area contributed by atoms with E-state index in [1.165, 1.54) is 0 Å². The van der Waals surface area contributed by atoms with Gasteiger partial charge in [0.25, 0.3) is 0 Å². The van der Waals surface area contributed by atoms with Gasteiger partial charge in [-0.2, -0.15) is 13.2 Å². The molecule has 1 unspecified atom stereocenters. The Morgan fingerprint density at radius 2 is 1.65 bits per heavy atom. The second kappa shape index (κ2) is 6.23. The molecule has 1 aliphatic carbocycles. The lowest BCUT2D eigenvalue weighted by atomic mass is 9.72. The lowest BCUT2D eigenvalue weighted by Crippen LogP contribution is -2.71. The first kappa shape index (κ1) is 19.2. The van der Waals surface area contributed by atoms with E-state index >= 15 is 0 Å². The zero-order valence-electron chi connectivity index (χ0n) is 15.2. The van der Waals surface area contributed by atoms with Gasteiger partial charge in [0.2, 0.25) is 0 Å². The van der Waals surface area contributed by atoms with Crippen LogP contribution in [0.15, 0.2) is 24.3 Å². The summed E-state index contributed by atoms with van der Waals surface area (Å²) in [6.07, 6.45) is -3.89. The summed E-state index contributed by atoms with van der Waals surface area (Å²) in [7, 11) is 0. The molecule has 1 saturated heterocycles. The van der Waals surface area contributed by atoms with Crippen molar-refractivity contribution in [3.63, 3.8) is 0 Å². The smallest absolute Gasteiger partial charge is 0.347 e. The summed E-state index contributed by atoms with van der Waals surface area (Å²) in [4.78, 5) is 11.8. The van der Waals surface area contributed by atoms with Gasteiger partial charge in [0.1, 0.15) is 0 Å². The molecule has 3 rings (SSSR count). The molecule has 0 aromatic heterocycles.